The van der Waals surface area contributed by atoms with E-state index in [0.29, 0.717) is 103 Å². The molecule has 0 saturated carbocycles. The second-order valence-electron chi connectivity index (χ2n) is 8.64. The molecule has 9 nitrogen and oxygen atoms in total. The van der Waals surface area contributed by atoms with E-state index in [0.717, 1.165) is 16.6 Å². The number of benzene rings is 2. The Bertz CT molecular complexity index is 1020. The number of fused-ring (bicyclic) bond motifs is 1. The number of oxazole rings is 1. The number of hydrogen-bond donors (Lipinski definition) is 1. The van der Waals surface area contributed by atoms with Gasteiger partial charge < -0.3 is 33.2 Å². The van der Waals surface area contributed by atoms with Crippen LogP contribution in [0, 0.1) is 6.92 Å². The molecule has 4 rings (SSSR count). The van der Waals surface area contributed by atoms with Crippen molar-refractivity contribution < 1.29 is 33.2 Å². The van der Waals surface area contributed by atoms with Crippen LogP contribution in [0.25, 0.3) is 22.6 Å². The predicted octanol–water partition coefficient (Wildman–Crippen LogP) is 3.41. The molecule has 1 N–H and O–H groups in total. The van der Waals surface area contributed by atoms with E-state index in [-0.39, 0.29) is 5.75 Å². The normalized spacial score (nSPS) is 18.6. The van der Waals surface area contributed by atoms with Gasteiger partial charge in [0.2, 0.25) is 5.89 Å². The first-order valence-electron chi connectivity index (χ1n) is 12.5. The number of hydrogen-bond acceptors (Lipinski definition) is 9. The first kappa shape index (κ1) is 26.5. The molecule has 1 saturated heterocycles. The number of phenols is 1. The minimum atomic E-state index is 0.178. The van der Waals surface area contributed by atoms with Crippen molar-refractivity contribution in [2.24, 2.45) is 0 Å². The van der Waals surface area contributed by atoms with E-state index < -0.39 is 0 Å². The number of rotatable bonds is 3. The van der Waals surface area contributed by atoms with E-state index in [1.54, 1.807) is 0 Å². The molecule has 1 fully saturated rings. The first-order valence-corrected chi connectivity index (χ1v) is 12.5. The van der Waals surface area contributed by atoms with Crippen molar-refractivity contribution in [3.8, 4) is 17.2 Å². The molecule has 1 aliphatic heterocycles. The number of aryl methyl sites for hydroxylation is 1. The summed E-state index contributed by atoms with van der Waals surface area (Å²) in [6.07, 6.45) is 0. The summed E-state index contributed by atoms with van der Waals surface area (Å²) in [6.45, 7) is 9.26. The standard InChI is InChI=1S/C27H36N2O7/c1-21-18-22(26(30)23(19-21)27-28-24-4-2-3-5-25(24)36-27)20-29-6-8-31-10-12-33-14-16-35-17-15-34-13-11-32-9-7-29/h2-5,18-19,30H,6-17,20H2,1H3. The molecule has 9 heteroatoms. The lowest BCUT2D eigenvalue weighted by molar-refractivity contribution is -0.0190. The van der Waals surface area contributed by atoms with Gasteiger partial charge >= 0.3 is 0 Å². The molecular formula is C27H36N2O7. The zero-order valence-corrected chi connectivity index (χ0v) is 20.9. The fraction of sp³-hybridized carbons (Fsp3) is 0.519. The molecule has 0 amide bonds. The monoisotopic (exact) mass is 500 g/mol. The molecule has 0 bridgehead atoms. The summed E-state index contributed by atoms with van der Waals surface area (Å²) in [6, 6.07) is 11.5. The van der Waals surface area contributed by atoms with E-state index >= 15 is 0 Å². The van der Waals surface area contributed by atoms with E-state index in [9.17, 15) is 5.11 Å². The minimum absolute atomic E-state index is 0.178. The van der Waals surface area contributed by atoms with Crippen LogP contribution in [0.3, 0.4) is 0 Å². The van der Waals surface area contributed by atoms with Crippen molar-refractivity contribution in [1.29, 1.82) is 0 Å². The van der Waals surface area contributed by atoms with Gasteiger partial charge in [0.05, 0.1) is 71.6 Å². The van der Waals surface area contributed by atoms with Gasteiger partial charge in [-0.05, 0) is 30.7 Å². The third-order valence-corrected chi connectivity index (χ3v) is 5.84. The summed E-state index contributed by atoms with van der Waals surface area (Å²) < 4.78 is 34.0. The summed E-state index contributed by atoms with van der Waals surface area (Å²) in [4.78, 5) is 6.79. The maximum atomic E-state index is 11.2. The van der Waals surface area contributed by atoms with Crippen LogP contribution >= 0.6 is 0 Å². The number of phenolic OH excluding ortho intramolecular Hbond substituents is 1. The smallest absolute Gasteiger partial charge is 0.231 e. The predicted molar refractivity (Wildman–Crippen MR) is 135 cm³/mol. The van der Waals surface area contributed by atoms with Crippen LogP contribution in [-0.4, -0.2) is 94.1 Å². The molecule has 196 valence electrons. The van der Waals surface area contributed by atoms with Crippen LogP contribution in [0.5, 0.6) is 5.75 Å². The van der Waals surface area contributed by atoms with Crippen molar-refractivity contribution in [2.75, 3.05) is 79.2 Å². The molecule has 1 aromatic heterocycles. The van der Waals surface area contributed by atoms with Crippen LogP contribution in [-0.2, 0) is 30.2 Å². The van der Waals surface area contributed by atoms with Crippen molar-refractivity contribution in [3.05, 3.63) is 47.5 Å². The quantitative estimate of drug-likeness (QED) is 0.580. The van der Waals surface area contributed by atoms with Gasteiger partial charge in [0.25, 0.3) is 0 Å². The highest BCUT2D eigenvalue weighted by Gasteiger charge is 2.18. The zero-order valence-electron chi connectivity index (χ0n) is 20.9. The van der Waals surface area contributed by atoms with Gasteiger partial charge in [-0.15, -0.1) is 0 Å². The number of aromatic hydroxyl groups is 1. The number of nitrogens with zero attached hydrogens (tertiary/aromatic N) is 2. The Morgan fingerprint density at radius 3 is 1.92 bits per heavy atom. The van der Waals surface area contributed by atoms with Crippen molar-refractivity contribution in [2.45, 2.75) is 13.5 Å². The maximum absolute atomic E-state index is 11.2. The lowest BCUT2D eigenvalue weighted by Gasteiger charge is -2.23. The van der Waals surface area contributed by atoms with Gasteiger partial charge in [0, 0.05) is 25.2 Å². The van der Waals surface area contributed by atoms with Gasteiger partial charge in [0.1, 0.15) is 11.3 Å². The van der Waals surface area contributed by atoms with Crippen molar-refractivity contribution in [1.82, 2.24) is 9.88 Å². The third kappa shape index (κ3) is 7.99. The lowest BCUT2D eigenvalue weighted by Crippen LogP contribution is -2.31. The van der Waals surface area contributed by atoms with Gasteiger partial charge in [-0.25, -0.2) is 4.98 Å². The molecule has 0 aliphatic carbocycles. The summed E-state index contributed by atoms with van der Waals surface area (Å²) in [5.41, 5.74) is 3.87. The highest BCUT2D eigenvalue weighted by atomic mass is 16.6. The van der Waals surface area contributed by atoms with E-state index in [2.05, 4.69) is 9.88 Å². The number of ether oxygens (including phenoxy) is 5. The van der Waals surface area contributed by atoms with Crippen LogP contribution < -0.4 is 0 Å². The Kier molecular flexibility index (Phi) is 10.5. The summed E-state index contributed by atoms with van der Waals surface area (Å²) in [7, 11) is 0. The lowest BCUT2D eigenvalue weighted by atomic mass is 10.0. The van der Waals surface area contributed by atoms with Crippen LogP contribution in [0.1, 0.15) is 11.1 Å². The highest BCUT2D eigenvalue weighted by Crippen LogP contribution is 2.35. The average Bonchev–Trinajstić information content (AvgIpc) is 3.31. The minimum Gasteiger partial charge on any atom is -0.507 e. The largest absolute Gasteiger partial charge is 0.507 e. The van der Waals surface area contributed by atoms with E-state index in [1.165, 1.54) is 0 Å². The molecule has 0 unspecified atom stereocenters. The van der Waals surface area contributed by atoms with Crippen LogP contribution in [0.15, 0.2) is 40.8 Å². The average molecular weight is 501 g/mol. The van der Waals surface area contributed by atoms with Crippen molar-refractivity contribution >= 4 is 11.1 Å². The van der Waals surface area contributed by atoms with Gasteiger partial charge in [-0.2, -0.15) is 0 Å². The molecule has 0 spiro atoms. The Balaban J connectivity index is 1.43. The fourth-order valence-electron chi connectivity index (χ4n) is 4.00. The van der Waals surface area contributed by atoms with Gasteiger partial charge in [0.15, 0.2) is 5.58 Å². The Morgan fingerprint density at radius 1 is 0.778 bits per heavy atom. The van der Waals surface area contributed by atoms with E-state index in [1.807, 2.05) is 43.3 Å². The molecule has 1 aliphatic rings. The summed E-state index contributed by atoms with van der Waals surface area (Å²) in [5, 5.41) is 11.2. The zero-order chi connectivity index (χ0) is 25.0. The van der Waals surface area contributed by atoms with Crippen LogP contribution in [0.2, 0.25) is 0 Å². The third-order valence-electron chi connectivity index (χ3n) is 5.84. The SMILES string of the molecule is Cc1cc(CN2CCOCCOCCOCCOCCOCC2)c(O)c(-c2nc3ccccc3o2)c1. The molecule has 0 atom stereocenters. The van der Waals surface area contributed by atoms with Crippen LogP contribution in [0.4, 0.5) is 0 Å². The molecule has 36 heavy (non-hydrogen) atoms. The second-order valence-corrected chi connectivity index (χ2v) is 8.64. The maximum Gasteiger partial charge on any atom is 0.231 e. The number of aromatic nitrogens is 1. The molecule has 3 aromatic rings. The highest BCUT2D eigenvalue weighted by molar-refractivity contribution is 5.78. The fourth-order valence-corrected chi connectivity index (χ4v) is 4.00. The number of para-hydroxylation sites is 2. The Labute approximate surface area is 211 Å². The van der Waals surface area contributed by atoms with Gasteiger partial charge in [-0.3, -0.25) is 4.90 Å². The van der Waals surface area contributed by atoms with Crippen molar-refractivity contribution in [3.63, 3.8) is 0 Å². The summed E-state index contributed by atoms with van der Waals surface area (Å²) >= 11 is 0. The van der Waals surface area contributed by atoms with E-state index in [4.69, 9.17) is 28.1 Å². The molecule has 2 heterocycles. The Morgan fingerprint density at radius 2 is 1.33 bits per heavy atom. The molecule has 0 radical (unpaired) electrons. The molecular weight excluding hydrogens is 464 g/mol. The topological polar surface area (TPSA) is 95.7 Å². The van der Waals surface area contributed by atoms with Gasteiger partial charge in [-0.1, -0.05) is 18.2 Å². The second kappa shape index (κ2) is 14.3. The molecule has 2 aromatic carbocycles. The Hall–Kier alpha value is -2.53. The first-order chi connectivity index (χ1) is 17.7. The summed E-state index contributed by atoms with van der Waals surface area (Å²) in [5.74, 6) is 0.591.